The largest absolute Gasteiger partial charge is 0.496 e. The number of anilines is 1. The second kappa shape index (κ2) is 5.82. The van der Waals surface area contributed by atoms with Crippen LogP contribution >= 0.6 is 11.8 Å². The predicted molar refractivity (Wildman–Crippen MR) is 85.9 cm³/mol. The Morgan fingerprint density at radius 1 is 1.14 bits per heavy atom. The number of nitrogens with zero attached hydrogens (tertiary/aromatic N) is 1. The molecular formula is C17H17NO2S. The van der Waals surface area contributed by atoms with Gasteiger partial charge in [-0.2, -0.15) is 0 Å². The lowest BCUT2D eigenvalue weighted by atomic mass is 10.1. The highest BCUT2D eigenvalue weighted by atomic mass is 32.2. The highest BCUT2D eigenvalue weighted by molar-refractivity contribution is 8.00. The molecule has 0 saturated heterocycles. The van der Waals surface area contributed by atoms with E-state index in [9.17, 15) is 4.79 Å². The summed E-state index contributed by atoms with van der Waals surface area (Å²) in [5.74, 6) is 0.957. The molecular weight excluding hydrogens is 282 g/mol. The molecule has 1 amide bonds. The maximum Gasteiger partial charge on any atom is 0.240 e. The molecule has 0 aliphatic carbocycles. The summed E-state index contributed by atoms with van der Waals surface area (Å²) >= 11 is 1.62. The maximum atomic E-state index is 12.6. The van der Waals surface area contributed by atoms with Gasteiger partial charge >= 0.3 is 0 Å². The van der Waals surface area contributed by atoms with Crippen molar-refractivity contribution in [2.45, 2.75) is 23.6 Å². The van der Waals surface area contributed by atoms with Crippen LogP contribution in [0.4, 0.5) is 5.69 Å². The van der Waals surface area contributed by atoms with Crippen molar-refractivity contribution in [1.29, 1.82) is 0 Å². The van der Waals surface area contributed by atoms with Crippen molar-refractivity contribution < 1.29 is 9.53 Å². The minimum atomic E-state index is -0.0605. The number of methoxy groups -OCH3 is 1. The van der Waals surface area contributed by atoms with Crippen LogP contribution in [-0.2, 0) is 11.3 Å². The molecule has 1 atom stereocenters. The molecule has 1 unspecified atom stereocenters. The van der Waals surface area contributed by atoms with Crippen LogP contribution in [0.15, 0.2) is 53.4 Å². The Bertz CT molecular complexity index is 671. The molecule has 4 heteroatoms. The van der Waals surface area contributed by atoms with Crippen molar-refractivity contribution in [3.05, 3.63) is 54.1 Å². The number of rotatable bonds is 3. The van der Waals surface area contributed by atoms with Gasteiger partial charge in [-0.25, -0.2) is 0 Å². The van der Waals surface area contributed by atoms with Gasteiger partial charge in [-0.3, -0.25) is 4.79 Å². The van der Waals surface area contributed by atoms with E-state index in [0.29, 0.717) is 6.54 Å². The van der Waals surface area contributed by atoms with Gasteiger partial charge in [-0.15, -0.1) is 11.8 Å². The van der Waals surface area contributed by atoms with Crippen molar-refractivity contribution in [2.75, 3.05) is 12.0 Å². The number of thioether (sulfide) groups is 1. The zero-order chi connectivity index (χ0) is 14.8. The van der Waals surface area contributed by atoms with E-state index in [1.165, 1.54) is 0 Å². The van der Waals surface area contributed by atoms with Gasteiger partial charge in [0, 0.05) is 10.5 Å². The summed E-state index contributed by atoms with van der Waals surface area (Å²) < 4.78 is 5.39. The smallest absolute Gasteiger partial charge is 0.240 e. The molecule has 0 saturated carbocycles. The molecule has 0 aromatic heterocycles. The molecule has 1 heterocycles. The predicted octanol–water partition coefficient (Wildman–Crippen LogP) is 3.72. The van der Waals surface area contributed by atoms with Crippen LogP contribution in [0.3, 0.4) is 0 Å². The normalized spacial score (nSPS) is 17.5. The number of hydrogen-bond acceptors (Lipinski definition) is 3. The summed E-state index contributed by atoms with van der Waals surface area (Å²) in [4.78, 5) is 15.6. The molecule has 1 aliphatic rings. The van der Waals surface area contributed by atoms with E-state index >= 15 is 0 Å². The van der Waals surface area contributed by atoms with E-state index in [-0.39, 0.29) is 11.2 Å². The van der Waals surface area contributed by atoms with Gasteiger partial charge < -0.3 is 9.64 Å². The summed E-state index contributed by atoms with van der Waals surface area (Å²) in [6, 6.07) is 15.9. The monoisotopic (exact) mass is 299 g/mol. The standard InChI is InChI=1S/C17H17NO2S/c1-12-17(19)18(14-8-4-6-10-16(14)21-12)11-13-7-3-5-9-15(13)20-2/h3-10,12H,11H2,1-2H3. The Hall–Kier alpha value is -1.94. The second-order valence-corrected chi connectivity index (χ2v) is 6.35. The molecule has 2 aromatic carbocycles. The number of hydrogen-bond donors (Lipinski definition) is 0. The Kier molecular flexibility index (Phi) is 3.88. The SMILES string of the molecule is COc1ccccc1CN1C(=O)C(C)Sc2ccccc21. The Morgan fingerprint density at radius 2 is 1.86 bits per heavy atom. The fraction of sp³-hybridized carbons (Fsp3) is 0.235. The van der Waals surface area contributed by atoms with E-state index in [2.05, 4.69) is 6.07 Å². The molecule has 21 heavy (non-hydrogen) atoms. The molecule has 3 rings (SSSR count). The third kappa shape index (κ3) is 2.63. The van der Waals surface area contributed by atoms with Gasteiger partial charge in [-0.05, 0) is 25.1 Å². The zero-order valence-corrected chi connectivity index (χ0v) is 12.9. The number of carbonyl (C=O) groups excluding carboxylic acids is 1. The van der Waals surface area contributed by atoms with E-state index < -0.39 is 0 Å². The fourth-order valence-electron chi connectivity index (χ4n) is 2.53. The molecule has 2 aromatic rings. The quantitative estimate of drug-likeness (QED) is 0.865. The van der Waals surface area contributed by atoms with Gasteiger partial charge in [0.15, 0.2) is 0 Å². The lowest BCUT2D eigenvalue weighted by Gasteiger charge is -2.32. The number of benzene rings is 2. The molecule has 3 nitrogen and oxygen atoms in total. The number of para-hydroxylation sites is 2. The van der Waals surface area contributed by atoms with Gasteiger partial charge in [-0.1, -0.05) is 30.3 Å². The average molecular weight is 299 g/mol. The minimum absolute atomic E-state index is 0.0605. The van der Waals surface area contributed by atoms with Crippen LogP contribution in [0.1, 0.15) is 12.5 Å². The molecule has 0 spiro atoms. The third-order valence-corrected chi connectivity index (χ3v) is 4.75. The van der Waals surface area contributed by atoms with E-state index in [4.69, 9.17) is 4.74 Å². The number of fused-ring (bicyclic) bond motifs is 1. The Balaban J connectivity index is 1.99. The van der Waals surface area contributed by atoms with Crippen LogP contribution in [0.25, 0.3) is 0 Å². The molecule has 0 radical (unpaired) electrons. The van der Waals surface area contributed by atoms with Crippen LogP contribution < -0.4 is 9.64 Å². The van der Waals surface area contributed by atoms with Crippen molar-refractivity contribution in [1.82, 2.24) is 0 Å². The van der Waals surface area contributed by atoms with Gasteiger partial charge in [0.05, 0.1) is 24.6 Å². The topological polar surface area (TPSA) is 29.5 Å². The summed E-state index contributed by atoms with van der Waals surface area (Å²) in [5.41, 5.74) is 2.00. The number of amides is 1. The first-order chi connectivity index (χ1) is 10.2. The third-order valence-electron chi connectivity index (χ3n) is 3.59. The summed E-state index contributed by atoms with van der Waals surface area (Å²) in [6.45, 7) is 2.49. The first kappa shape index (κ1) is 14.0. The van der Waals surface area contributed by atoms with Gasteiger partial charge in [0.2, 0.25) is 5.91 Å². The fourth-order valence-corrected chi connectivity index (χ4v) is 3.59. The van der Waals surface area contributed by atoms with Crippen LogP contribution in [0, 0.1) is 0 Å². The first-order valence-corrected chi connectivity index (χ1v) is 7.77. The van der Waals surface area contributed by atoms with Crippen molar-refractivity contribution in [3.8, 4) is 5.75 Å². The molecule has 0 bridgehead atoms. The van der Waals surface area contributed by atoms with Crippen LogP contribution in [-0.4, -0.2) is 18.3 Å². The average Bonchev–Trinajstić information content (AvgIpc) is 2.52. The molecule has 1 aliphatic heterocycles. The molecule has 108 valence electrons. The van der Waals surface area contributed by atoms with Crippen molar-refractivity contribution >= 4 is 23.4 Å². The Morgan fingerprint density at radius 3 is 2.67 bits per heavy atom. The molecule has 0 N–H and O–H groups in total. The summed E-state index contributed by atoms with van der Waals surface area (Å²) in [7, 11) is 1.66. The van der Waals surface area contributed by atoms with Gasteiger partial charge in [0.1, 0.15) is 5.75 Å². The highest BCUT2D eigenvalue weighted by Crippen LogP contribution is 2.40. The van der Waals surface area contributed by atoms with Crippen LogP contribution in [0.2, 0.25) is 0 Å². The lowest BCUT2D eigenvalue weighted by molar-refractivity contribution is -0.118. The zero-order valence-electron chi connectivity index (χ0n) is 12.1. The van der Waals surface area contributed by atoms with Crippen molar-refractivity contribution in [2.24, 2.45) is 0 Å². The van der Waals surface area contributed by atoms with E-state index in [1.807, 2.05) is 54.3 Å². The number of ether oxygens (including phenoxy) is 1. The second-order valence-electron chi connectivity index (χ2n) is 4.96. The summed E-state index contributed by atoms with van der Waals surface area (Å²) in [5, 5.41) is -0.0605. The maximum absolute atomic E-state index is 12.6. The number of carbonyl (C=O) groups is 1. The molecule has 0 fully saturated rings. The van der Waals surface area contributed by atoms with E-state index in [0.717, 1.165) is 21.9 Å². The van der Waals surface area contributed by atoms with Crippen LogP contribution in [0.5, 0.6) is 5.75 Å². The first-order valence-electron chi connectivity index (χ1n) is 6.89. The summed E-state index contributed by atoms with van der Waals surface area (Å²) in [6.07, 6.45) is 0. The minimum Gasteiger partial charge on any atom is -0.496 e. The van der Waals surface area contributed by atoms with Crippen molar-refractivity contribution in [3.63, 3.8) is 0 Å². The van der Waals surface area contributed by atoms with Gasteiger partial charge in [0.25, 0.3) is 0 Å². The van der Waals surface area contributed by atoms with E-state index in [1.54, 1.807) is 18.9 Å². The Labute approximate surface area is 128 Å². The lowest BCUT2D eigenvalue weighted by Crippen LogP contribution is -2.39. The highest BCUT2D eigenvalue weighted by Gasteiger charge is 2.30.